The van der Waals surface area contributed by atoms with Gasteiger partial charge in [0.1, 0.15) is 6.04 Å². The zero-order valence-electron chi connectivity index (χ0n) is 22.3. The highest BCUT2D eigenvalue weighted by atomic mass is 16.2. The summed E-state index contributed by atoms with van der Waals surface area (Å²) >= 11 is 0. The second-order valence-corrected chi connectivity index (χ2v) is 10.4. The molecule has 1 aliphatic heterocycles. The summed E-state index contributed by atoms with van der Waals surface area (Å²) in [6.07, 6.45) is 7.78. The molecule has 2 fully saturated rings. The molecule has 1 aromatic rings. The molecule has 1 saturated heterocycles. The molecule has 1 heterocycles. The topological polar surface area (TPSA) is 108 Å². The average molecular weight is 500 g/mol. The molecule has 1 saturated carbocycles. The Labute approximate surface area is 216 Å². The number of hydrogen-bond acceptors (Lipinski definition) is 5. The molecule has 8 heteroatoms. The Morgan fingerprint density at radius 2 is 1.58 bits per heavy atom. The number of piperazine rings is 1. The first-order valence-electron chi connectivity index (χ1n) is 13.8. The lowest BCUT2D eigenvalue weighted by Gasteiger charge is -2.37. The van der Waals surface area contributed by atoms with Gasteiger partial charge in [-0.1, -0.05) is 51.7 Å². The predicted molar refractivity (Wildman–Crippen MR) is 144 cm³/mol. The molecule has 0 unspecified atom stereocenters. The SMILES string of the molecule is CCC(=O)N[C@@H](C(=O)N1CCN(C)CC1)[C@@H](CC)c1ccc(NC(=O)[C@@H](N)C2CCCCCC2)cc1. The van der Waals surface area contributed by atoms with Gasteiger partial charge in [0.25, 0.3) is 0 Å². The van der Waals surface area contributed by atoms with Crippen molar-refractivity contribution in [2.75, 3.05) is 38.5 Å². The van der Waals surface area contributed by atoms with Crippen molar-refractivity contribution in [2.45, 2.75) is 83.2 Å². The molecule has 4 N–H and O–H groups in total. The lowest BCUT2D eigenvalue weighted by Crippen LogP contribution is -2.56. The summed E-state index contributed by atoms with van der Waals surface area (Å²) in [6, 6.07) is 6.52. The van der Waals surface area contributed by atoms with Crippen molar-refractivity contribution in [1.82, 2.24) is 15.1 Å². The summed E-state index contributed by atoms with van der Waals surface area (Å²) < 4.78 is 0. The van der Waals surface area contributed by atoms with Crippen molar-refractivity contribution < 1.29 is 14.4 Å². The van der Waals surface area contributed by atoms with E-state index in [9.17, 15) is 14.4 Å². The van der Waals surface area contributed by atoms with E-state index in [1.165, 1.54) is 12.8 Å². The second kappa shape index (κ2) is 13.7. The number of nitrogens with one attached hydrogen (secondary N) is 2. The maximum absolute atomic E-state index is 13.5. The van der Waals surface area contributed by atoms with E-state index in [-0.39, 0.29) is 29.6 Å². The van der Waals surface area contributed by atoms with E-state index in [1.807, 2.05) is 36.1 Å². The molecule has 1 aromatic carbocycles. The Morgan fingerprint density at radius 1 is 0.972 bits per heavy atom. The van der Waals surface area contributed by atoms with Crippen molar-refractivity contribution in [2.24, 2.45) is 11.7 Å². The van der Waals surface area contributed by atoms with Crippen LogP contribution in [-0.4, -0.2) is 72.8 Å². The van der Waals surface area contributed by atoms with Crippen molar-refractivity contribution in [1.29, 1.82) is 0 Å². The predicted octanol–water partition coefficient (Wildman–Crippen LogP) is 3.09. The molecule has 0 aromatic heterocycles. The maximum Gasteiger partial charge on any atom is 0.245 e. The van der Waals surface area contributed by atoms with E-state index < -0.39 is 12.1 Å². The van der Waals surface area contributed by atoms with Crippen molar-refractivity contribution in [3.05, 3.63) is 29.8 Å². The first-order chi connectivity index (χ1) is 17.3. The fraction of sp³-hybridized carbons (Fsp3) is 0.679. The molecule has 0 bridgehead atoms. The minimum atomic E-state index is -0.616. The lowest BCUT2D eigenvalue weighted by atomic mass is 9.87. The Hall–Kier alpha value is -2.45. The van der Waals surface area contributed by atoms with Gasteiger partial charge in [-0.25, -0.2) is 0 Å². The maximum atomic E-state index is 13.5. The van der Waals surface area contributed by atoms with Crippen LogP contribution in [0.4, 0.5) is 5.69 Å². The smallest absolute Gasteiger partial charge is 0.245 e. The van der Waals surface area contributed by atoms with Crippen LogP contribution >= 0.6 is 0 Å². The Bertz CT molecular complexity index is 858. The first kappa shape index (κ1) is 28.1. The molecule has 0 radical (unpaired) electrons. The third-order valence-electron chi connectivity index (χ3n) is 7.88. The Kier molecular flexibility index (Phi) is 10.7. The zero-order valence-corrected chi connectivity index (χ0v) is 22.3. The number of carbonyl (C=O) groups excluding carboxylic acids is 3. The average Bonchev–Trinajstić information content (AvgIpc) is 3.18. The fourth-order valence-electron chi connectivity index (χ4n) is 5.42. The first-order valence-corrected chi connectivity index (χ1v) is 13.8. The standard InChI is InChI=1S/C28H45N5O3/c1-4-23(26(31-24(34)5-2)28(36)33-18-16-32(3)17-19-33)20-12-14-22(15-13-20)30-27(35)25(29)21-10-8-6-7-9-11-21/h12-15,21,23,25-26H,4-11,16-19,29H2,1-3H3,(H,30,35)(H,31,34)/t23-,25-,26+/m0/s1. The van der Waals surface area contributed by atoms with Gasteiger partial charge in [0, 0.05) is 44.2 Å². The molecular formula is C28H45N5O3. The molecular weight excluding hydrogens is 454 g/mol. The number of hydrogen-bond donors (Lipinski definition) is 3. The minimum absolute atomic E-state index is 0.0245. The van der Waals surface area contributed by atoms with Gasteiger partial charge in [0.15, 0.2) is 0 Å². The van der Waals surface area contributed by atoms with E-state index in [2.05, 4.69) is 22.6 Å². The van der Waals surface area contributed by atoms with Crippen LogP contribution in [-0.2, 0) is 14.4 Å². The molecule has 2 aliphatic rings. The van der Waals surface area contributed by atoms with Crippen LogP contribution in [0.2, 0.25) is 0 Å². The summed E-state index contributed by atoms with van der Waals surface area (Å²) in [5.74, 6) is -0.216. The number of benzene rings is 1. The Morgan fingerprint density at radius 3 is 2.14 bits per heavy atom. The number of likely N-dealkylation sites (N-methyl/N-ethyl adjacent to an activating group) is 1. The molecule has 1 aliphatic carbocycles. The summed E-state index contributed by atoms with van der Waals surface area (Å²) in [4.78, 5) is 42.8. The summed E-state index contributed by atoms with van der Waals surface area (Å²) in [5, 5.41) is 5.98. The van der Waals surface area contributed by atoms with Crippen LogP contribution in [0.25, 0.3) is 0 Å². The number of amides is 3. The van der Waals surface area contributed by atoms with E-state index in [4.69, 9.17) is 5.73 Å². The molecule has 3 atom stereocenters. The highest BCUT2D eigenvalue weighted by Crippen LogP contribution is 2.28. The molecule has 3 amide bonds. The number of nitrogens with zero attached hydrogens (tertiary/aromatic N) is 2. The van der Waals surface area contributed by atoms with E-state index in [0.717, 1.165) is 44.3 Å². The van der Waals surface area contributed by atoms with E-state index >= 15 is 0 Å². The largest absolute Gasteiger partial charge is 0.344 e. The highest BCUT2D eigenvalue weighted by Gasteiger charge is 2.34. The third kappa shape index (κ3) is 7.53. The van der Waals surface area contributed by atoms with Gasteiger partial charge in [0.2, 0.25) is 17.7 Å². The number of anilines is 1. The van der Waals surface area contributed by atoms with Crippen LogP contribution in [0.1, 0.15) is 76.7 Å². The van der Waals surface area contributed by atoms with Crippen LogP contribution < -0.4 is 16.4 Å². The monoisotopic (exact) mass is 499 g/mol. The Balaban J connectivity index is 1.70. The fourth-order valence-corrected chi connectivity index (χ4v) is 5.42. The van der Waals surface area contributed by atoms with E-state index in [0.29, 0.717) is 31.6 Å². The molecule has 36 heavy (non-hydrogen) atoms. The van der Waals surface area contributed by atoms with Gasteiger partial charge in [-0.3, -0.25) is 14.4 Å². The highest BCUT2D eigenvalue weighted by molar-refractivity contribution is 5.95. The van der Waals surface area contributed by atoms with Gasteiger partial charge >= 0.3 is 0 Å². The van der Waals surface area contributed by atoms with Crippen molar-refractivity contribution in [3.8, 4) is 0 Å². The lowest BCUT2D eigenvalue weighted by molar-refractivity contribution is -0.138. The van der Waals surface area contributed by atoms with Gasteiger partial charge < -0.3 is 26.2 Å². The van der Waals surface area contributed by atoms with Gasteiger partial charge in [-0.2, -0.15) is 0 Å². The molecule has 200 valence electrons. The third-order valence-corrected chi connectivity index (χ3v) is 7.88. The van der Waals surface area contributed by atoms with Gasteiger partial charge in [-0.15, -0.1) is 0 Å². The van der Waals surface area contributed by atoms with Gasteiger partial charge in [0.05, 0.1) is 6.04 Å². The van der Waals surface area contributed by atoms with E-state index in [1.54, 1.807) is 6.92 Å². The molecule has 8 nitrogen and oxygen atoms in total. The zero-order chi connectivity index (χ0) is 26.1. The quantitative estimate of drug-likeness (QED) is 0.453. The van der Waals surface area contributed by atoms with Crippen molar-refractivity contribution >= 4 is 23.4 Å². The molecule has 0 spiro atoms. The van der Waals surface area contributed by atoms with Crippen molar-refractivity contribution in [3.63, 3.8) is 0 Å². The number of rotatable bonds is 9. The van der Waals surface area contributed by atoms with Gasteiger partial charge in [-0.05, 0) is 49.9 Å². The summed E-state index contributed by atoms with van der Waals surface area (Å²) in [5.41, 5.74) is 7.99. The second-order valence-electron chi connectivity index (χ2n) is 10.4. The van der Waals surface area contributed by atoms with Crippen LogP contribution in [0, 0.1) is 5.92 Å². The summed E-state index contributed by atoms with van der Waals surface area (Å²) in [6.45, 7) is 6.81. The van der Waals surface area contributed by atoms with Crippen LogP contribution in [0.5, 0.6) is 0 Å². The number of carbonyl (C=O) groups is 3. The minimum Gasteiger partial charge on any atom is -0.344 e. The normalized spacial score (nSPS) is 20.2. The molecule has 3 rings (SSSR count). The summed E-state index contributed by atoms with van der Waals surface area (Å²) in [7, 11) is 2.05. The van der Waals surface area contributed by atoms with Crippen LogP contribution in [0.15, 0.2) is 24.3 Å². The number of nitrogens with two attached hydrogens (primary N) is 1. The van der Waals surface area contributed by atoms with Crippen LogP contribution in [0.3, 0.4) is 0 Å².